The molecule has 196 valence electrons. The van der Waals surface area contributed by atoms with Crippen molar-refractivity contribution in [2.24, 2.45) is 4.99 Å². The molecule has 0 unspecified atom stereocenters. The van der Waals surface area contributed by atoms with Crippen molar-refractivity contribution in [3.05, 3.63) is 76.5 Å². The van der Waals surface area contributed by atoms with Gasteiger partial charge >= 0.3 is 0 Å². The average Bonchev–Trinajstić information content (AvgIpc) is 3.56. The van der Waals surface area contributed by atoms with Crippen LogP contribution in [0.25, 0.3) is 0 Å². The van der Waals surface area contributed by atoms with Crippen molar-refractivity contribution in [2.45, 2.75) is 31.7 Å². The molecule has 0 spiro atoms. The van der Waals surface area contributed by atoms with Crippen LogP contribution in [0.5, 0.6) is 5.75 Å². The monoisotopic (exact) mass is 525 g/mol. The topological polar surface area (TPSA) is 126 Å². The Bertz CT molecular complexity index is 1390. The molecule has 2 aromatic carbocycles. The first-order chi connectivity index (χ1) is 17.7. The molecule has 0 bridgehead atoms. The highest BCUT2D eigenvalue weighted by Gasteiger charge is 2.27. The quantitative estimate of drug-likeness (QED) is 0.416. The van der Waals surface area contributed by atoms with Gasteiger partial charge in [0.1, 0.15) is 17.8 Å². The molecule has 4 rings (SSSR count). The van der Waals surface area contributed by atoms with Crippen LogP contribution >= 0.6 is 0 Å². The maximum atomic E-state index is 13.2. The molecule has 10 nitrogen and oxygen atoms in total. The summed E-state index contributed by atoms with van der Waals surface area (Å²) < 4.78 is 38.2. The molecule has 0 saturated carbocycles. The van der Waals surface area contributed by atoms with Gasteiger partial charge in [0.2, 0.25) is 15.9 Å². The lowest BCUT2D eigenvalue weighted by Gasteiger charge is -2.19. The summed E-state index contributed by atoms with van der Waals surface area (Å²) in [6.45, 7) is 5.40. The van der Waals surface area contributed by atoms with Crippen LogP contribution in [0.4, 0.5) is 0 Å². The first-order valence-corrected chi connectivity index (χ1v) is 13.3. The van der Waals surface area contributed by atoms with Crippen LogP contribution in [0.15, 0.2) is 57.0 Å². The van der Waals surface area contributed by atoms with Gasteiger partial charge in [0.15, 0.2) is 5.69 Å². The summed E-state index contributed by atoms with van der Waals surface area (Å²) in [5, 5.41) is 6.07. The number of oxazole rings is 1. The highest BCUT2D eigenvalue weighted by molar-refractivity contribution is 7.89. The minimum atomic E-state index is -3.82. The first kappa shape index (κ1) is 26.4. The van der Waals surface area contributed by atoms with Crippen molar-refractivity contribution in [3.8, 4) is 5.75 Å². The SMILES string of the molecule is COc1cc(C)c(S(=O)(=O)N(C)Cc2nc(C(=O)NCCc3ccc(C4=NCCN4)cc3)co2)c(C)c1. The number of nitrogens with zero attached hydrogens (tertiary/aromatic N) is 3. The zero-order chi connectivity index (χ0) is 26.6. The number of nitrogens with one attached hydrogen (secondary N) is 2. The van der Waals surface area contributed by atoms with E-state index < -0.39 is 10.0 Å². The van der Waals surface area contributed by atoms with Crippen LogP contribution in [0, 0.1) is 13.8 Å². The summed E-state index contributed by atoms with van der Waals surface area (Å²) in [6.07, 6.45) is 1.89. The molecule has 1 amide bonds. The lowest BCUT2D eigenvalue weighted by molar-refractivity contribution is 0.0949. The molecule has 0 fully saturated rings. The Morgan fingerprint density at radius 1 is 1.19 bits per heavy atom. The third kappa shape index (κ3) is 6.00. The fourth-order valence-corrected chi connectivity index (χ4v) is 5.71. The zero-order valence-electron chi connectivity index (χ0n) is 21.4. The number of ether oxygens (including phenoxy) is 1. The van der Waals surface area contributed by atoms with Crippen LogP contribution in [0.3, 0.4) is 0 Å². The molecule has 2 heterocycles. The van der Waals surface area contributed by atoms with Gasteiger partial charge in [0, 0.05) is 25.7 Å². The summed E-state index contributed by atoms with van der Waals surface area (Å²) in [5.74, 6) is 1.24. The molecule has 0 aliphatic carbocycles. The van der Waals surface area contributed by atoms with Crippen LogP contribution < -0.4 is 15.4 Å². The molecule has 0 saturated heterocycles. The fourth-order valence-electron chi connectivity index (χ4n) is 4.19. The van der Waals surface area contributed by atoms with E-state index in [2.05, 4.69) is 20.6 Å². The van der Waals surface area contributed by atoms with Crippen molar-refractivity contribution < 1.29 is 22.4 Å². The van der Waals surface area contributed by atoms with Gasteiger partial charge in [-0.2, -0.15) is 4.31 Å². The summed E-state index contributed by atoms with van der Waals surface area (Å²) in [7, 11) is -0.840. The van der Waals surface area contributed by atoms with Gasteiger partial charge < -0.3 is 19.8 Å². The van der Waals surface area contributed by atoms with Crippen molar-refractivity contribution >= 4 is 21.8 Å². The van der Waals surface area contributed by atoms with Gasteiger partial charge in [-0.15, -0.1) is 0 Å². The fraction of sp³-hybridized carbons (Fsp3) is 0.346. The summed E-state index contributed by atoms with van der Waals surface area (Å²) >= 11 is 0. The average molecular weight is 526 g/mol. The lowest BCUT2D eigenvalue weighted by Crippen LogP contribution is -2.28. The third-order valence-corrected chi connectivity index (χ3v) is 8.19. The van der Waals surface area contributed by atoms with Gasteiger partial charge in [0.05, 0.1) is 25.1 Å². The van der Waals surface area contributed by atoms with Crippen LogP contribution in [-0.2, 0) is 23.0 Å². The highest BCUT2D eigenvalue weighted by atomic mass is 32.2. The van der Waals surface area contributed by atoms with Gasteiger partial charge in [-0.25, -0.2) is 13.4 Å². The maximum Gasteiger partial charge on any atom is 0.273 e. The first-order valence-electron chi connectivity index (χ1n) is 11.9. The molecule has 1 aliphatic heterocycles. The van der Waals surface area contributed by atoms with Crippen molar-refractivity contribution in [1.82, 2.24) is 19.9 Å². The molecular weight excluding hydrogens is 494 g/mol. The van der Waals surface area contributed by atoms with E-state index in [0.29, 0.717) is 29.8 Å². The Morgan fingerprint density at radius 2 is 1.89 bits per heavy atom. The molecule has 1 aromatic heterocycles. The molecule has 1 aliphatic rings. The summed E-state index contributed by atoms with van der Waals surface area (Å²) in [4.78, 5) is 21.3. The van der Waals surface area contributed by atoms with E-state index in [1.807, 2.05) is 24.3 Å². The Kier molecular flexibility index (Phi) is 7.94. The second-order valence-electron chi connectivity index (χ2n) is 8.84. The molecule has 3 aromatic rings. The minimum Gasteiger partial charge on any atom is -0.497 e. The zero-order valence-corrected chi connectivity index (χ0v) is 22.2. The number of aliphatic imine (C=N–C) groups is 1. The Morgan fingerprint density at radius 3 is 2.51 bits per heavy atom. The Hall–Kier alpha value is -3.70. The smallest absolute Gasteiger partial charge is 0.273 e. The van der Waals surface area contributed by atoms with E-state index in [4.69, 9.17) is 9.15 Å². The highest BCUT2D eigenvalue weighted by Crippen LogP contribution is 2.28. The second kappa shape index (κ2) is 11.1. The number of hydrogen-bond acceptors (Lipinski definition) is 8. The van der Waals surface area contributed by atoms with Crippen molar-refractivity contribution in [3.63, 3.8) is 0 Å². The van der Waals surface area contributed by atoms with Crippen molar-refractivity contribution in [1.29, 1.82) is 0 Å². The third-order valence-electron chi connectivity index (χ3n) is 6.08. The molecule has 37 heavy (non-hydrogen) atoms. The number of aromatic nitrogens is 1. The number of hydrogen-bond donors (Lipinski definition) is 2. The number of carbonyl (C=O) groups is 1. The maximum absolute atomic E-state index is 13.2. The van der Waals surface area contributed by atoms with Gasteiger partial charge in [-0.3, -0.25) is 9.79 Å². The number of rotatable bonds is 10. The number of aryl methyl sites for hydroxylation is 2. The Labute approximate surface area is 216 Å². The van der Waals surface area contributed by atoms with Crippen molar-refractivity contribution in [2.75, 3.05) is 33.8 Å². The van der Waals surface area contributed by atoms with E-state index in [0.717, 1.165) is 34.4 Å². The predicted molar refractivity (Wildman–Crippen MR) is 140 cm³/mol. The van der Waals surface area contributed by atoms with E-state index in [1.165, 1.54) is 20.4 Å². The van der Waals surface area contributed by atoms with Crippen LogP contribution in [0.1, 0.15) is 38.6 Å². The largest absolute Gasteiger partial charge is 0.497 e. The molecular formula is C26H31N5O5S. The van der Waals surface area contributed by atoms with Gasteiger partial charge in [0.25, 0.3) is 5.91 Å². The molecule has 0 atom stereocenters. The number of sulfonamides is 1. The van der Waals surface area contributed by atoms with E-state index in [9.17, 15) is 13.2 Å². The minimum absolute atomic E-state index is 0.0956. The van der Waals surface area contributed by atoms with Gasteiger partial charge in [-0.05, 0) is 49.1 Å². The summed E-state index contributed by atoms with van der Waals surface area (Å²) in [5.41, 5.74) is 3.38. The lowest BCUT2D eigenvalue weighted by atomic mass is 10.1. The number of amidine groups is 1. The predicted octanol–water partition coefficient (Wildman–Crippen LogP) is 2.44. The van der Waals surface area contributed by atoms with Crippen LogP contribution in [0.2, 0.25) is 0 Å². The second-order valence-corrected chi connectivity index (χ2v) is 10.8. The van der Waals surface area contributed by atoms with Gasteiger partial charge in [-0.1, -0.05) is 24.3 Å². The number of methoxy groups -OCH3 is 1. The van der Waals surface area contributed by atoms with E-state index in [1.54, 1.807) is 26.0 Å². The summed E-state index contributed by atoms with van der Waals surface area (Å²) in [6, 6.07) is 11.4. The van der Waals surface area contributed by atoms with E-state index >= 15 is 0 Å². The number of benzene rings is 2. The number of carbonyl (C=O) groups excluding carboxylic acids is 1. The molecule has 2 N–H and O–H groups in total. The van der Waals surface area contributed by atoms with Crippen LogP contribution in [-0.4, -0.2) is 63.2 Å². The Balaban J connectivity index is 1.33. The molecule has 11 heteroatoms. The van der Waals surface area contributed by atoms with E-state index in [-0.39, 0.29) is 28.9 Å². The number of amides is 1. The molecule has 0 radical (unpaired) electrons. The standard InChI is InChI=1S/C26H31N5O5S/c1-17-13-21(35-4)14-18(2)24(17)37(33,34)31(3)15-23-30-22(16-36-23)26(32)29-10-9-19-5-7-20(8-6-19)25-27-11-12-28-25/h5-8,13-14,16H,9-12,15H2,1-4H3,(H,27,28)(H,29,32). The normalized spacial score (nSPS) is 13.4.